The van der Waals surface area contributed by atoms with Crippen molar-refractivity contribution < 1.29 is 0 Å². The summed E-state index contributed by atoms with van der Waals surface area (Å²) < 4.78 is 0. The zero-order valence-corrected chi connectivity index (χ0v) is 22.6. The van der Waals surface area contributed by atoms with E-state index in [1.165, 1.54) is 0 Å². The van der Waals surface area contributed by atoms with Crippen LogP contribution in [0.1, 0.15) is 40.5 Å². The molecule has 3 aromatic rings. The maximum Gasteiger partial charge on any atom is 0.151 e. The van der Waals surface area contributed by atoms with Crippen molar-refractivity contribution in [2.45, 2.75) is 57.7 Å². The molecule has 0 aliphatic carbocycles. The number of hydrogen-bond acceptors (Lipinski definition) is 5. The Labute approximate surface area is 219 Å². The highest BCUT2D eigenvalue weighted by molar-refractivity contribution is 6.33. The summed E-state index contributed by atoms with van der Waals surface area (Å²) in [6.07, 6.45) is 5.73. The first-order valence-corrected chi connectivity index (χ1v) is 10.7. The third kappa shape index (κ3) is 6.74. The van der Waals surface area contributed by atoms with Gasteiger partial charge in [-0.2, -0.15) is 5.10 Å². The molecule has 1 aromatic carbocycles. The Morgan fingerprint density at radius 1 is 0.939 bits per heavy atom. The summed E-state index contributed by atoms with van der Waals surface area (Å²) in [4.78, 5) is 2.25. The fraction of sp³-hybridized carbons (Fsp3) is 0.435. The second-order valence-corrected chi connectivity index (χ2v) is 9.93. The van der Waals surface area contributed by atoms with Gasteiger partial charge in [0.15, 0.2) is 5.82 Å². The number of H-pyrrole nitrogens is 1. The molecular weight excluding hydrogens is 502 g/mol. The van der Waals surface area contributed by atoms with Crippen LogP contribution in [0.25, 0.3) is 22.4 Å². The highest BCUT2D eigenvalue weighted by atomic mass is 35.5. The van der Waals surface area contributed by atoms with E-state index < -0.39 is 0 Å². The Balaban J connectivity index is 0.00000181. The molecule has 0 amide bonds. The number of aromatic amines is 1. The molecule has 2 N–H and O–H groups in total. The SMILES string of the molecule is CN(c1ccc(-c2ccc(-c3cn[nH]c3)cc2Cl)nn1)C1CC(C)(C)NC(C)(C)C1.Cl.Cl.Cl. The van der Waals surface area contributed by atoms with E-state index in [9.17, 15) is 0 Å². The zero-order chi connectivity index (χ0) is 21.5. The number of piperidine rings is 1. The second-order valence-electron chi connectivity index (χ2n) is 9.52. The van der Waals surface area contributed by atoms with Gasteiger partial charge < -0.3 is 10.2 Å². The van der Waals surface area contributed by atoms with Gasteiger partial charge in [-0.15, -0.1) is 47.4 Å². The summed E-state index contributed by atoms with van der Waals surface area (Å²) in [6, 6.07) is 10.4. The van der Waals surface area contributed by atoms with Crippen molar-refractivity contribution in [3.05, 3.63) is 47.7 Å². The van der Waals surface area contributed by atoms with Crippen molar-refractivity contribution >= 4 is 54.6 Å². The normalized spacial score (nSPS) is 16.7. The van der Waals surface area contributed by atoms with Crippen molar-refractivity contribution in [1.29, 1.82) is 0 Å². The van der Waals surface area contributed by atoms with Gasteiger partial charge in [-0.1, -0.05) is 23.7 Å². The predicted octanol–water partition coefficient (Wildman–Crippen LogP) is 6.20. The lowest BCUT2D eigenvalue weighted by molar-refractivity contribution is 0.160. The molecule has 6 nitrogen and oxygen atoms in total. The van der Waals surface area contributed by atoms with Crippen LogP contribution >= 0.6 is 48.8 Å². The van der Waals surface area contributed by atoms with Crippen LogP contribution in [0.5, 0.6) is 0 Å². The number of halogens is 4. The molecule has 10 heteroatoms. The van der Waals surface area contributed by atoms with E-state index in [0.717, 1.165) is 41.0 Å². The molecule has 1 saturated heterocycles. The van der Waals surface area contributed by atoms with Gasteiger partial charge in [0.2, 0.25) is 0 Å². The molecule has 33 heavy (non-hydrogen) atoms. The van der Waals surface area contributed by atoms with Crippen LogP contribution in [0, 0.1) is 0 Å². The van der Waals surface area contributed by atoms with Crippen LogP contribution in [0.3, 0.4) is 0 Å². The van der Waals surface area contributed by atoms with Crippen LogP contribution < -0.4 is 10.2 Å². The summed E-state index contributed by atoms with van der Waals surface area (Å²) in [6.45, 7) is 9.05. The van der Waals surface area contributed by atoms with Crippen LogP contribution in [0.15, 0.2) is 42.7 Å². The molecule has 0 radical (unpaired) electrons. The smallest absolute Gasteiger partial charge is 0.151 e. The van der Waals surface area contributed by atoms with Crippen molar-refractivity contribution in [3.63, 3.8) is 0 Å². The summed E-state index contributed by atoms with van der Waals surface area (Å²) in [5.41, 5.74) is 3.81. The standard InChI is InChI=1S/C23H29ClN6.3ClH/c1-22(2)11-17(12-23(3,4)29-22)30(5)21-9-8-20(27-28-21)18-7-6-15(10-19(18)24)16-13-25-26-14-16;;;/h6-10,13-14,17,29H,11-12H2,1-5H3,(H,25,26);3*1H. The largest absolute Gasteiger partial charge is 0.355 e. The zero-order valence-electron chi connectivity index (χ0n) is 19.4. The van der Waals surface area contributed by atoms with E-state index in [4.69, 9.17) is 11.6 Å². The van der Waals surface area contributed by atoms with Crippen molar-refractivity contribution in [3.8, 4) is 22.4 Å². The average molecular weight is 534 g/mol. The lowest BCUT2D eigenvalue weighted by Crippen LogP contribution is -2.62. The molecule has 1 aliphatic heterocycles. The molecule has 0 unspecified atom stereocenters. The number of anilines is 1. The van der Waals surface area contributed by atoms with Gasteiger partial charge in [0.05, 0.1) is 16.9 Å². The van der Waals surface area contributed by atoms with Gasteiger partial charge in [-0.25, -0.2) is 0 Å². The van der Waals surface area contributed by atoms with E-state index in [1.54, 1.807) is 6.20 Å². The number of benzene rings is 1. The van der Waals surface area contributed by atoms with E-state index in [-0.39, 0.29) is 48.3 Å². The van der Waals surface area contributed by atoms with E-state index in [0.29, 0.717) is 11.1 Å². The van der Waals surface area contributed by atoms with Crippen LogP contribution in [-0.4, -0.2) is 44.6 Å². The molecular formula is C23H32Cl4N6. The van der Waals surface area contributed by atoms with E-state index in [2.05, 4.69) is 65.4 Å². The third-order valence-corrected chi connectivity index (χ3v) is 6.12. The molecule has 0 saturated carbocycles. The number of nitrogens with zero attached hydrogens (tertiary/aromatic N) is 4. The fourth-order valence-electron chi connectivity index (χ4n) is 4.70. The Morgan fingerprint density at radius 3 is 2.12 bits per heavy atom. The quantitative estimate of drug-likeness (QED) is 0.418. The minimum atomic E-state index is 0. The fourth-order valence-corrected chi connectivity index (χ4v) is 4.97. The van der Waals surface area contributed by atoms with E-state index in [1.807, 2.05) is 36.5 Å². The molecule has 0 spiro atoms. The molecule has 2 aromatic heterocycles. The maximum absolute atomic E-state index is 6.55. The molecule has 4 rings (SSSR count). The Bertz CT molecular complexity index is 1010. The molecule has 1 fully saturated rings. The first-order chi connectivity index (χ1) is 14.1. The average Bonchev–Trinajstić information content (AvgIpc) is 3.20. The van der Waals surface area contributed by atoms with Gasteiger partial charge in [0, 0.05) is 41.5 Å². The Kier molecular flexibility index (Phi) is 10.0. The summed E-state index contributed by atoms with van der Waals surface area (Å²) >= 11 is 6.55. The van der Waals surface area contributed by atoms with Crippen LogP contribution in [-0.2, 0) is 0 Å². The minimum Gasteiger partial charge on any atom is -0.355 e. The van der Waals surface area contributed by atoms with Gasteiger partial charge in [-0.3, -0.25) is 5.10 Å². The monoisotopic (exact) mass is 532 g/mol. The Hall–Kier alpha value is -1.57. The highest BCUT2D eigenvalue weighted by Crippen LogP contribution is 2.34. The third-order valence-electron chi connectivity index (χ3n) is 5.80. The van der Waals surface area contributed by atoms with Gasteiger partial charge in [0.25, 0.3) is 0 Å². The van der Waals surface area contributed by atoms with Gasteiger partial charge in [-0.05, 0) is 64.3 Å². The first-order valence-electron chi connectivity index (χ1n) is 10.3. The molecule has 1 aliphatic rings. The van der Waals surface area contributed by atoms with Crippen molar-refractivity contribution in [2.75, 3.05) is 11.9 Å². The molecule has 182 valence electrons. The predicted molar refractivity (Wildman–Crippen MR) is 145 cm³/mol. The van der Waals surface area contributed by atoms with Gasteiger partial charge in [0.1, 0.15) is 0 Å². The highest BCUT2D eigenvalue weighted by Gasteiger charge is 2.39. The second kappa shape index (κ2) is 11.2. The van der Waals surface area contributed by atoms with Crippen molar-refractivity contribution in [2.24, 2.45) is 0 Å². The van der Waals surface area contributed by atoms with E-state index >= 15 is 0 Å². The van der Waals surface area contributed by atoms with Crippen LogP contribution in [0.2, 0.25) is 5.02 Å². The van der Waals surface area contributed by atoms with Gasteiger partial charge >= 0.3 is 0 Å². The summed E-state index contributed by atoms with van der Waals surface area (Å²) in [5.74, 6) is 0.878. The molecule has 0 atom stereocenters. The number of rotatable bonds is 4. The Morgan fingerprint density at radius 2 is 1.61 bits per heavy atom. The lowest BCUT2D eigenvalue weighted by atomic mass is 9.79. The maximum atomic E-state index is 6.55. The molecule has 0 bridgehead atoms. The number of aromatic nitrogens is 4. The minimum absolute atomic E-state index is 0. The topological polar surface area (TPSA) is 69.7 Å². The van der Waals surface area contributed by atoms with Crippen LogP contribution in [0.4, 0.5) is 5.82 Å². The summed E-state index contributed by atoms with van der Waals surface area (Å²) in [5, 5.41) is 20.2. The molecule has 3 heterocycles. The number of nitrogens with one attached hydrogen (secondary N) is 2. The van der Waals surface area contributed by atoms with Crippen molar-refractivity contribution in [1.82, 2.24) is 25.7 Å². The number of hydrogen-bond donors (Lipinski definition) is 2. The summed E-state index contributed by atoms with van der Waals surface area (Å²) in [7, 11) is 2.11. The lowest BCUT2D eigenvalue weighted by Gasteiger charge is -2.49. The first kappa shape index (κ1) is 29.5.